The molecule has 4 heteroatoms. The van der Waals surface area contributed by atoms with Crippen molar-refractivity contribution in [3.63, 3.8) is 0 Å². The maximum atomic E-state index is 9.45. The van der Waals surface area contributed by atoms with Crippen LogP contribution in [0.3, 0.4) is 0 Å². The fraction of sp³-hybridized carbons (Fsp3) is 0.647. The average Bonchev–Trinajstić information content (AvgIpc) is 2.51. The van der Waals surface area contributed by atoms with E-state index in [-0.39, 0.29) is 12.6 Å². The number of aliphatic hydroxyl groups excluding tert-OH is 1. The van der Waals surface area contributed by atoms with Crippen LogP contribution in [0.15, 0.2) is 24.3 Å². The van der Waals surface area contributed by atoms with Crippen LogP contribution in [0.1, 0.15) is 30.5 Å². The highest BCUT2D eigenvalue weighted by Gasteiger charge is 2.23. The van der Waals surface area contributed by atoms with Crippen molar-refractivity contribution in [2.24, 2.45) is 0 Å². The molecule has 2 N–H and O–H groups in total. The third-order valence-electron chi connectivity index (χ3n) is 4.16. The topological polar surface area (TPSA) is 44.7 Å². The van der Waals surface area contributed by atoms with Crippen molar-refractivity contribution in [1.82, 2.24) is 10.2 Å². The number of hydrogen-bond acceptors (Lipinski definition) is 4. The molecule has 4 nitrogen and oxygen atoms in total. The Balaban J connectivity index is 1.96. The molecule has 21 heavy (non-hydrogen) atoms. The summed E-state index contributed by atoms with van der Waals surface area (Å²) < 4.78 is 5.44. The molecule has 1 saturated heterocycles. The first-order chi connectivity index (χ1) is 10.2. The molecule has 0 amide bonds. The molecule has 0 aromatic heterocycles. The van der Waals surface area contributed by atoms with Gasteiger partial charge in [0.25, 0.3) is 0 Å². The maximum Gasteiger partial charge on any atom is 0.0644 e. The average molecular weight is 292 g/mol. The van der Waals surface area contributed by atoms with E-state index in [0.717, 1.165) is 32.7 Å². The summed E-state index contributed by atoms with van der Waals surface area (Å²) in [5, 5.41) is 13.0. The van der Waals surface area contributed by atoms with Gasteiger partial charge in [0, 0.05) is 19.1 Å². The summed E-state index contributed by atoms with van der Waals surface area (Å²) >= 11 is 0. The molecular weight excluding hydrogens is 264 g/mol. The van der Waals surface area contributed by atoms with Crippen molar-refractivity contribution in [3.8, 4) is 0 Å². The number of nitrogens with zero attached hydrogens (tertiary/aromatic N) is 1. The zero-order valence-corrected chi connectivity index (χ0v) is 13.2. The van der Waals surface area contributed by atoms with Gasteiger partial charge in [0.1, 0.15) is 0 Å². The summed E-state index contributed by atoms with van der Waals surface area (Å²) in [7, 11) is 0. The van der Waals surface area contributed by atoms with E-state index in [4.69, 9.17) is 4.74 Å². The predicted molar refractivity (Wildman–Crippen MR) is 85.5 cm³/mol. The second-order valence-electron chi connectivity index (χ2n) is 5.76. The van der Waals surface area contributed by atoms with Gasteiger partial charge in [0.15, 0.2) is 0 Å². The minimum Gasteiger partial charge on any atom is -0.395 e. The molecular formula is C17H28N2O2. The molecule has 1 fully saturated rings. The van der Waals surface area contributed by atoms with Crippen molar-refractivity contribution in [2.45, 2.75) is 32.4 Å². The molecule has 1 aliphatic heterocycles. The van der Waals surface area contributed by atoms with E-state index in [1.54, 1.807) is 0 Å². The van der Waals surface area contributed by atoms with Crippen LogP contribution in [0.25, 0.3) is 0 Å². The van der Waals surface area contributed by atoms with E-state index in [1.165, 1.54) is 11.1 Å². The third-order valence-corrected chi connectivity index (χ3v) is 4.16. The Morgan fingerprint density at radius 1 is 1.48 bits per heavy atom. The Hall–Kier alpha value is -0.940. The maximum absolute atomic E-state index is 9.45. The monoisotopic (exact) mass is 292 g/mol. The minimum atomic E-state index is 0.151. The van der Waals surface area contributed by atoms with Gasteiger partial charge >= 0.3 is 0 Å². The molecule has 118 valence electrons. The first-order valence-electron chi connectivity index (χ1n) is 7.97. The van der Waals surface area contributed by atoms with E-state index in [9.17, 15) is 5.11 Å². The standard InChI is InChI=1S/C17H28N2O2/c1-3-18-17(15-6-4-5-14(2)11-15)7-8-19-9-10-21-13-16(19)12-20/h4-6,11,16-18,20H,3,7-10,12-13H2,1-2H3. The molecule has 2 unspecified atom stereocenters. The SMILES string of the molecule is CCNC(CCN1CCOCC1CO)c1cccc(C)c1. The molecule has 2 atom stereocenters. The van der Waals surface area contributed by atoms with Crippen molar-refractivity contribution in [1.29, 1.82) is 0 Å². The summed E-state index contributed by atoms with van der Waals surface area (Å²) in [5.74, 6) is 0. The molecule has 1 aromatic rings. The molecule has 1 aromatic carbocycles. The smallest absolute Gasteiger partial charge is 0.0644 e. The van der Waals surface area contributed by atoms with Gasteiger partial charge in [-0.15, -0.1) is 0 Å². The van der Waals surface area contributed by atoms with Gasteiger partial charge in [-0.1, -0.05) is 36.8 Å². The summed E-state index contributed by atoms with van der Waals surface area (Å²) in [5.41, 5.74) is 2.65. The molecule has 0 spiro atoms. The van der Waals surface area contributed by atoms with E-state index < -0.39 is 0 Å². The number of aryl methyl sites for hydroxylation is 1. The summed E-state index contributed by atoms with van der Waals surface area (Å²) in [6, 6.07) is 9.24. The third kappa shape index (κ3) is 4.78. The number of aliphatic hydroxyl groups is 1. The van der Waals surface area contributed by atoms with Crippen LogP contribution in [0, 0.1) is 6.92 Å². The lowest BCUT2D eigenvalue weighted by molar-refractivity contribution is -0.0286. The number of hydrogen-bond donors (Lipinski definition) is 2. The number of rotatable bonds is 7. The Morgan fingerprint density at radius 2 is 2.33 bits per heavy atom. The van der Waals surface area contributed by atoms with Gasteiger partial charge < -0.3 is 15.2 Å². The highest BCUT2D eigenvalue weighted by atomic mass is 16.5. The first-order valence-corrected chi connectivity index (χ1v) is 7.97. The lowest BCUT2D eigenvalue weighted by Gasteiger charge is -2.35. The van der Waals surface area contributed by atoms with Crippen LogP contribution in [0.5, 0.6) is 0 Å². The molecule has 2 rings (SSSR count). The highest BCUT2D eigenvalue weighted by molar-refractivity contribution is 5.25. The molecule has 0 aliphatic carbocycles. The van der Waals surface area contributed by atoms with Gasteiger partial charge in [-0.2, -0.15) is 0 Å². The predicted octanol–water partition coefficient (Wildman–Crippen LogP) is 1.73. The fourth-order valence-electron chi connectivity index (χ4n) is 2.97. The van der Waals surface area contributed by atoms with E-state index in [2.05, 4.69) is 48.3 Å². The number of morpholine rings is 1. The van der Waals surface area contributed by atoms with Crippen molar-refractivity contribution in [2.75, 3.05) is 39.5 Å². The summed E-state index contributed by atoms with van der Waals surface area (Å²) in [4.78, 5) is 2.35. The zero-order valence-electron chi connectivity index (χ0n) is 13.2. The van der Waals surface area contributed by atoms with E-state index in [1.807, 2.05) is 0 Å². The van der Waals surface area contributed by atoms with Crippen LogP contribution in [0.4, 0.5) is 0 Å². The van der Waals surface area contributed by atoms with Gasteiger partial charge in [-0.3, -0.25) is 4.90 Å². The normalized spacial score (nSPS) is 21.4. The lowest BCUT2D eigenvalue weighted by Crippen LogP contribution is -2.48. The summed E-state index contributed by atoms with van der Waals surface area (Å²) in [6.45, 7) is 8.74. The zero-order chi connectivity index (χ0) is 15.1. The Labute approximate surface area is 128 Å². The van der Waals surface area contributed by atoms with Crippen LogP contribution in [0.2, 0.25) is 0 Å². The van der Waals surface area contributed by atoms with Crippen LogP contribution < -0.4 is 5.32 Å². The van der Waals surface area contributed by atoms with Crippen LogP contribution >= 0.6 is 0 Å². The highest BCUT2D eigenvalue weighted by Crippen LogP contribution is 2.19. The lowest BCUT2D eigenvalue weighted by atomic mass is 10.0. The van der Waals surface area contributed by atoms with Gasteiger partial charge in [0.2, 0.25) is 0 Å². The molecule has 0 bridgehead atoms. The quantitative estimate of drug-likeness (QED) is 0.803. The van der Waals surface area contributed by atoms with Crippen molar-refractivity contribution in [3.05, 3.63) is 35.4 Å². The van der Waals surface area contributed by atoms with Crippen LogP contribution in [-0.4, -0.2) is 55.5 Å². The van der Waals surface area contributed by atoms with E-state index in [0.29, 0.717) is 12.6 Å². The Bertz CT molecular complexity index is 425. The summed E-state index contributed by atoms with van der Waals surface area (Å²) in [6.07, 6.45) is 1.05. The minimum absolute atomic E-state index is 0.151. The number of ether oxygens (including phenoxy) is 1. The Kier molecular flexibility index (Phi) is 6.64. The molecule has 0 radical (unpaired) electrons. The van der Waals surface area contributed by atoms with Crippen molar-refractivity contribution >= 4 is 0 Å². The second-order valence-corrected chi connectivity index (χ2v) is 5.76. The van der Waals surface area contributed by atoms with Crippen molar-refractivity contribution < 1.29 is 9.84 Å². The van der Waals surface area contributed by atoms with Crippen LogP contribution in [-0.2, 0) is 4.74 Å². The fourth-order valence-corrected chi connectivity index (χ4v) is 2.97. The number of nitrogens with one attached hydrogen (secondary N) is 1. The van der Waals surface area contributed by atoms with Gasteiger partial charge in [0.05, 0.1) is 25.9 Å². The second kappa shape index (κ2) is 8.49. The van der Waals surface area contributed by atoms with Gasteiger partial charge in [-0.25, -0.2) is 0 Å². The van der Waals surface area contributed by atoms with Gasteiger partial charge in [-0.05, 0) is 25.5 Å². The molecule has 1 aliphatic rings. The molecule has 1 heterocycles. The largest absolute Gasteiger partial charge is 0.395 e. The number of benzene rings is 1. The van der Waals surface area contributed by atoms with E-state index >= 15 is 0 Å². The molecule has 0 saturated carbocycles. The first kappa shape index (κ1) is 16.4. The Morgan fingerprint density at radius 3 is 3.05 bits per heavy atom.